The molecule has 0 bridgehead atoms. The highest BCUT2D eigenvalue weighted by molar-refractivity contribution is 5.51. The minimum Gasteiger partial charge on any atom is -0.392 e. The van der Waals surface area contributed by atoms with Crippen molar-refractivity contribution in [3.63, 3.8) is 0 Å². The van der Waals surface area contributed by atoms with Crippen molar-refractivity contribution < 1.29 is 10.2 Å². The van der Waals surface area contributed by atoms with Gasteiger partial charge in [-0.15, -0.1) is 0 Å². The van der Waals surface area contributed by atoms with Crippen LogP contribution >= 0.6 is 0 Å². The summed E-state index contributed by atoms with van der Waals surface area (Å²) in [6.07, 6.45) is 1.38. The molecule has 0 fully saturated rings. The molecule has 0 aliphatic carbocycles. The predicted molar refractivity (Wildman–Crippen MR) is 54.6 cm³/mol. The van der Waals surface area contributed by atoms with E-state index in [1.165, 1.54) is 13.0 Å². The van der Waals surface area contributed by atoms with Crippen LogP contribution in [0.2, 0.25) is 0 Å². The fourth-order valence-electron chi connectivity index (χ4n) is 1.06. The molecule has 82 valence electrons. The minimum atomic E-state index is -0.618. The summed E-state index contributed by atoms with van der Waals surface area (Å²) in [5.41, 5.74) is -0.164. The van der Waals surface area contributed by atoms with Crippen LogP contribution in [-0.2, 0) is 0 Å². The van der Waals surface area contributed by atoms with Crippen molar-refractivity contribution in [1.82, 2.24) is 9.97 Å². The van der Waals surface area contributed by atoms with Gasteiger partial charge in [0.05, 0.1) is 18.9 Å². The molecule has 0 saturated carbocycles. The second kappa shape index (κ2) is 4.72. The van der Waals surface area contributed by atoms with Crippen molar-refractivity contribution in [2.75, 3.05) is 13.2 Å². The highest BCUT2D eigenvalue weighted by atomic mass is 16.3. The summed E-state index contributed by atoms with van der Waals surface area (Å²) in [7, 11) is 0. The molecule has 15 heavy (non-hydrogen) atoms. The van der Waals surface area contributed by atoms with Gasteiger partial charge in [-0.2, -0.15) is 0 Å². The first-order chi connectivity index (χ1) is 7.08. The molecule has 0 aliphatic heterocycles. The summed E-state index contributed by atoms with van der Waals surface area (Å²) in [6.45, 7) is 0.877. The second-order valence-corrected chi connectivity index (χ2v) is 3.07. The zero-order chi connectivity index (χ0) is 11.4. The maximum absolute atomic E-state index is 11.2. The van der Waals surface area contributed by atoms with Gasteiger partial charge in [0.15, 0.2) is 0 Å². The lowest BCUT2D eigenvalue weighted by molar-refractivity contribution is 0.278. The van der Waals surface area contributed by atoms with Gasteiger partial charge in [0.2, 0.25) is 0 Å². The number of nitrogens with one attached hydrogen (secondary N) is 2. The Bertz CT molecular complexity index is 478. The van der Waals surface area contributed by atoms with Gasteiger partial charge >= 0.3 is 5.69 Å². The minimum absolute atomic E-state index is 0.293. The van der Waals surface area contributed by atoms with Gasteiger partial charge in [0.1, 0.15) is 0 Å². The number of hydrogen-bond donors (Lipinski definition) is 4. The van der Waals surface area contributed by atoms with E-state index in [-0.39, 0.29) is 13.2 Å². The Hall–Kier alpha value is -1.66. The van der Waals surface area contributed by atoms with Crippen molar-refractivity contribution in [2.24, 2.45) is 0 Å². The van der Waals surface area contributed by atoms with E-state index in [0.717, 1.165) is 0 Å². The SMILES string of the molecule is Cc1c(C=C(CO)CO)[nH]c(=O)[nH]c1=O. The zero-order valence-electron chi connectivity index (χ0n) is 8.20. The van der Waals surface area contributed by atoms with Gasteiger partial charge in [-0.1, -0.05) is 0 Å². The molecule has 1 aromatic heterocycles. The largest absolute Gasteiger partial charge is 0.392 e. The maximum atomic E-state index is 11.2. The van der Waals surface area contributed by atoms with E-state index >= 15 is 0 Å². The van der Waals surface area contributed by atoms with E-state index in [1.54, 1.807) is 0 Å². The number of aliphatic hydroxyl groups is 2. The molecule has 0 saturated heterocycles. The summed E-state index contributed by atoms with van der Waals surface area (Å²) in [6, 6.07) is 0. The quantitative estimate of drug-likeness (QED) is 0.501. The molecule has 0 amide bonds. The van der Waals surface area contributed by atoms with Gasteiger partial charge in [-0.3, -0.25) is 9.78 Å². The van der Waals surface area contributed by atoms with Crippen molar-refractivity contribution in [3.8, 4) is 0 Å². The number of H-pyrrole nitrogens is 2. The van der Waals surface area contributed by atoms with E-state index < -0.39 is 11.2 Å². The highest BCUT2D eigenvalue weighted by Crippen LogP contribution is 2.03. The molecular weight excluding hydrogens is 200 g/mol. The molecule has 0 spiro atoms. The summed E-state index contributed by atoms with van der Waals surface area (Å²) < 4.78 is 0. The van der Waals surface area contributed by atoms with Gasteiger partial charge in [0.25, 0.3) is 5.56 Å². The standard InChI is InChI=1S/C9H12N2O4/c1-5-7(2-6(3-12)4-13)10-9(15)11-8(5)14/h2,12-13H,3-4H2,1H3,(H2,10,11,14,15). The molecule has 0 atom stereocenters. The lowest BCUT2D eigenvalue weighted by Crippen LogP contribution is -2.25. The van der Waals surface area contributed by atoms with Crippen LogP contribution in [0, 0.1) is 6.92 Å². The fourth-order valence-corrected chi connectivity index (χ4v) is 1.06. The number of aliphatic hydroxyl groups excluding tert-OH is 2. The van der Waals surface area contributed by atoms with Gasteiger partial charge in [0, 0.05) is 5.56 Å². The van der Waals surface area contributed by atoms with Crippen LogP contribution in [0.15, 0.2) is 15.2 Å². The Balaban J connectivity index is 3.32. The summed E-state index contributed by atoms with van der Waals surface area (Å²) >= 11 is 0. The van der Waals surface area contributed by atoms with Gasteiger partial charge < -0.3 is 15.2 Å². The van der Waals surface area contributed by atoms with E-state index in [4.69, 9.17) is 10.2 Å². The lowest BCUT2D eigenvalue weighted by Gasteiger charge is -2.01. The normalized spacial score (nSPS) is 10.1. The summed E-state index contributed by atoms with van der Waals surface area (Å²) in [4.78, 5) is 26.6. The molecule has 0 radical (unpaired) electrons. The first kappa shape index (κ1) is 11.4. The molecule has 1 rings (SSSR count). The lowest BCUT2D eigenvalue weighted by atomic mass is 10.2. The van der Waals surface area contributed by atoms with Crippen LogP contribution in [0.5, 0.6) is 0 Å². The Morgan fingerprint density at radius 2 is 1.87 bits per heavy atom. The third-order valence-electron chi connectivity index (χ3n) is 1.97. The average molecular weight is 212 g/mol. The van der Waals surface area contributed by atoms with Crippen LogP contribution in [0.1, 0.15) is 11.3 Å². The third kappa shape index (κ3) is 2.64. The topological polar surface area (TPSA) is 106 Å². The Kier molecular flexibility index (Phi) is 3.59. The number of aromatic nitrogens is 2. The molecule has 0 unspecified atom stereocenters. The second-order valence-electron chi connectivity index (χ2n) is 3.07. The zero-order valence-corrected chi connectivity index (χ0v) is 8.20. The first-order valence-corrected chi connectivity index (χ1v) is 4.33. The fraction of sp³-hybridized carbons (Fsp3) is 0.333. The number of aromatic amines is 2. The Morgan fingerprint density at radius 1 is 1.27 bits per heavy atom. The predicted octanol–water partition coefficient (Wildman–Crippen LogP) is -1.26. The molecule has 0 aromatic carbocycles. The van der Waals surface area contributed by atoms with E-state index in [1.807, 2.05) is 0 Å². The number of rotatable bonds is 3. The van der Waals surface area contributed by atoms with E-state index in [9.17, 15) is 9.59 Å². The van der Waals surface area contributed by atoms with E-state index in [0.29, 0.717) is 16.8 Å². The monoisotopic (exact) mass is 212 g/mol. The Morgan fingerprint density at radius 3 is 2.40 bits per heavy atom. The van der Waals surface area contributed by atoms with Crippen LogP contribution in [0.3, 0.4) is 0 Å². The van der Waals surface area contributed by atoms with Crippen molar-refractivity contribution in [3.05, 3.63) is 37.7 Å². The van der Waals surface area contributed by atoms with Crippen LogP contribution < -0.4 is 11.2 Å². The van der Waals surface area contributed by atoms with Crippen molar-refractivity contribution in [2.45, 2.75) is 6.92 Å². The molecule has 0 aliphatic rings. The van der Waals surface area contributed by atoms with Crippen LogP contribution in [-0.4, -0.2) is 33.4 Å². The Labute approximate surface area is 84.9 Å². The average Bonchev–Trinajstić information content (AvgIpc) is 2.21. The molecule has 6 nitrogen and oxygen atoms in total. The third-order valence-corrected chi connectivity index (χ3v) is 1.97. The van der Waals surface area contributed by atoms with Gasteiger partial charge in [-0.05, 0) is 18.6 Å². The van der Waals surface area contributed by atoms with E-state index in [2.05, 4.69) is 9.97 Å². The molecule has 4 N–H and O–H groups in total. The summed E-state index contributed by atoms with van der Waals surface area (Å²) in [5, 5.41) is 17.6. The van der Waals surface area contributed by atoms with Gasteiger partial charge in [-0.25, -0.2) is 4.79 Å². The smallest absolute Gasteiger partial charge is 0.326 e. The maximum Gasteiger partial charge on any atom is 0.326 e. The first-order valence-electron chi connectivity index (χ1n) is 4.33. The molecule has 1 heterocycles. The number of hydrogen-bond acceptors (Lipinski definition) is 4. The van der Waals surface area contributed by atoms with Crippen molar-refractivity contribution in [1.29, 1.82) is 0 Å². The molecular formula is C9H12N2O4. The summed E-state index contributed by atoms with van der Waals surface area (Å²) in [5.74, 6) is 0. The highest BCUT2D eigenvalue weighted by Gasteiger charge is 2.03. The van der Waals surface area contributed by atoms with Crippen molar-refractivity contribution >= 4 is 6.08 Å². The molecule has 1 aromatic rings. The van der Waals surface area contributed by atoms with Crippen LogP contribution in [0.25, 0.3) is 6.08 Å². The van der Waals surface area contributed by atoms with Crippen LogP contribution in [0.4, 0.5) is 0 Å². The molecule has 6 heteroatoms.